The van der Waals surface area contributed by atoms with Crippen LogP contribution in [0.3, 0.4) is 0 Å². The third-order valence-corrected chi connectivity index (χ3v) is 6.89. The highest BCUT2D eigenvalue weighted by Crippen LogP contribution is 2.36. The minimum absolute atomic E-state index is 0.169. The van der Waals surface area contributed by atoms with E-state index in [1.807, 2.05) is 41.3 Å². The van der Waals surface area contributed by atoms with Crippen LogP contribution in [0.15, 0.2) is 48.7 Å². The summed E-state index contributed by atoms with van der Waals surface area (Å²) in [5, 5.41) is 16.5. The van der Waals surface area contributed by atoms with Crippen LogP contribution in [-0.4, -0.2) is 46.6 Å². The molecule has 4 heterocycles. The zero-order valence-corrected chi connectivity index (χ0v) is 18.3. The molecule has 0 aliphatic carbocycles. The fraction of sp³-hybridized carbons (Fsp3) is 0.320. The van der Waals surface area contributed by atoms with E-state index in [1.54, 1.807) is 6.20 Å². The molecular weight excluding hydrogens is 417 g/mol. The number of nitrogens with zero attached hydrogens (tertiary/aromatic N) is 6. The van der Waals surface area contributed by atoms with Crippen LogP contribution in [0, 0.1) is 11.3 Å². The first-order chi connectivity index (χ1) is 16.0. The van der Waals surface area contributed by atoms with Gasteiger partial charge in [-0.05, 0) is 49.4 Å². The molecule has 4 aromatic rings. The van der Waals surface area contributed by atoms with Crippen molar-refractivity contribution in [3.05, 3.63) is 59.9 Å². The first-order valence-corrected chi connectivity index (χ1v) is 11.2. The Morgan fingerprint density at radius 1 is 1.09 bits per heavy atom. The highest BCUT2D eigenvalue weighted by Gasteiger charge is 2.31. The van der Waals surface area contributed by atoms with E-state index in [9.17, 15) is 9.65 Å². The maximum Gasteiger partial charge on any atom is 0.134 e. The van der Waals surface area contributed by atoms with Gasteiger partial charge in [-0.25, -0.2) is 4.39 Å². The third kappa shape index (κ3) is 3.11. The van der Waals surface area contributed by atoms with Crippen molar-refractivity contribution in [1.82, 2.24) is 14.8 Å². The summed E-state index contributed by atoms with van der Waals surface area (Å²) in [7, 11) is 0. The monoisotopic (exact) mass is 441 g/mol. The van der Waals surface area contributed by atoms with Crippen LogP contribution in [0.1, 0.15) is 24.2 Å². The lowest BCUT2D eigenvalue weighted by Crippen LogP contribution is -2.36. The Balaban J connectivity index is 1.39. The molecule has 8 heteroatoms. The maximum absolute atomic E-state index is 14.0. The Morgan fingerprint density at radius 2 is 1.97 bits per heavy atom. The smallest absolute Gasteiger partial charge is 0.134 e. The molecule has 0 spiro atoms. The van der Waals surface area contributed by atoms with Gasteiger partial charge in [0.1, 0.15) is 12.2 Å². The molecule has 166 valence electrons. The zero-order chi connectivity index (χ0) is 22.7. The summed E-state index contributed by atoms with van der Waals surface area (Å²) in [6, 6.07) is 16.0. The topological polar surface area (TPSA) is 87.0 Å². The highest BCUT2D eigenvalue weighted by atomic mass is 19.1. The Labute approximate surface area is 190 Å². The molecule has 0 bridgehead atoms. The molecule has 0 amide bonds. The highest BCUT2D eigenvalue weighted by molar-refractivity contribution is 5.95. The van der Waals surface area contributed by atoms with Crippen molar-refractivity contribution in [2.75, 3.05) is 29.4 Å². The number of hydrogen-bond donors (Lipinski definition) is 1. The van der Waals surface area contributed by atoms with Gasteiger partial charge in [-0.2, -0.15) is 10.4 Å². The number of nitriles is 1. The fourth-order valence-electron chi connectivity index (χ4n) is 5.21. The molecule has 1 saturated heterocycles. The standard InChI is InChI=1S/C25H24FN7/c1-15-11-32(23-7-4-16(10-27)25-19(23)3-2-8-29-25)14-24-18-6-5-17(9-22(18)30-33(15)24)31-12-20(26)21(28)13-31/h2-9,15,20-21H,11-14,28H2,1H3/t15-,20+,21-/m1/s1. The van der Waals surface area contributed by atoms with Gasteiger partial charge in [0.2, 0.25) is 0 Å². The van der Waals surface area contributed by atoms with E-state index >= 15 is 0 Å². The fourth-order valence-corrected chi connectivity index (χ4v) is 5.21. The number of nitrogens with two attached hydrogens (primary N) is 1. The molecule has 0 radical (unpaired) electrons. The van der Waals surface area contributed by atoms with Gasteiger partial charge in [-0.15, -0.1) is 0 Å². The van der Waals surface area contributed by atoms with Crippen LogP contribution in [0.4, 0.5) is 15.8 Å². The van der Waals surface area contributed by atoms with Crippen molar-refractivity contribution in [2.45, 2.75) is 31.7 Å². The van der Waals surface area contributed by atoms with Crippen molar-refractivity contribution in [3.8, 4) is 6.07 Å². The van der Waals surface area contributed by atoms with Crippen molar-refractivity contribution in [2.24, 2.45) is 5.73 Å². The number of halogens is 1. The largest absolute Gasteiger partial charge is 0.367 e. The molecule has 2 aromatic carbocycles. The molecule has 2 N–H and O–H groups in total. The molecule has 7 nitrogen and oxygen atoms in total. The molecule has 6 rings (SSSR count). The van der Waals surface area contributed by atoms with Gasteiger partial charge in [0, 0.05) is 41.4 Å². The molecule has 1 fully saturated rings. The molecule has 2 aromatic heterocycles. The van der Waals surface area contributed by atoms with Crippen LogP contribution in [0.25, 0.3) is 21.8 Å². The minimum Gasteiger partial charge on any atom is -0.367 e. The Hall–Kier alpha value is -3.70. The van der Waals surface area contributed by atoms with Gasteiger partial charge in [0.15, 0.2) is 0 Å². The van der Waals surface area contributed by atoms with Crippen molar-refractivity contribution < 1.29 is 4.39 Å². The van der Waals surface area contributed by atoms with Gasteiger partial charge < -0.3 is 15.5 Å². The molecular formula is C25H24FN7. The summed E-state index contributed by atoms with van der Waals surface area (Å²) in [6.45, 7) is 4.51. The number of hydrogen-bond acceptors (Lipinski definition) is 6. The predicted octanol–water partition coefficient (Wildman–Crippen LogP) is 3.52. The van der Waals surface area contributed by atoms with Gasteiger partial charge in [-0.1, -0.05) is 0 Å². The molecule has 2 aliphatic rings. The van der Waals surface area contributed by atoms with Crippen LogP contribution >= 0.6 is 0 Å². The Kier molecular flexibility index (Phi) is 4.49. The summed E-state index contributed by atoms with van der Waals surface area (Å²) >= 11 is 0. The average molecular weight is 442 g/mol. The van der Waals surface area contributed by atoms with Gasteiger partial charge >= 0.3 is 0 Å². The molecule has 2 aliphatic heterocycles. The van der Waals surface area contributed by atoms with Crippen LogP contribution in [0.5, 0.6) is 0 Å². The van der Waals surface area contributed by atoms with Crippen LogP contribution in [0.2, 0.25) is 0 Å². The second kappa shape index (κ2) is 7.42. The number of aromatic nitrogens is 3. The van der Waals surface area contributed by atoms with Crippen LogP contribution in [-0.2, 0) is 6.54 Å². The number of anilines is 2. The summed E-state index contributed by atoms with van der Waals surface area (Å²) in [6.07, 6.45) is 0.728. The number of rotatable bonds is 2. The number of alkyl halides is 1. The van der Waals surface area contributed by atoms with Crippen molar-refractivity contribution in [1.29, 1.82) is 5.26 Å². The third-order valence-electron chi connectivity index (χ3n) is 6.89. The number of pyridine rings is 1. The SMILES string of the molecule is C[C@@H]1CN(c2ccc(C#N)c3ncccc23)Cc2c3ccc(N4C[C@@H](N)[C@@H](F)C4)cc3nn21. The molecule has 3 atom stereocenters. The number of fused-ring (bicyclic) bond motifs is 4. The normalized spacial score (nSPS) is 22.7. The van der Waals surface area contributed by atoms with Crippen LogP contribution < -0.4 is 15.5 Å². The summed E-state index contributed by atoms with van der Waals surface area (Å²) in [4.78, 5) is 8.80. The Morgan fingerprint density at radius 3 is 2.76 bits per heavy atom. The predicted molar refractivity (Wildman–Crippen MR) is 127 cm³/mol. The lowest BCUT2D eigenvalue weighted by molar-refractivity contribution is 0.333. The first-order valence-electron chi connectivity index (χ1n) is 11.2. The van der Waals surface area contributed by atoms with E-state index in [4.69, 9.17) is 10.8 Å². The van der Waals surface area contributed by atoms with Gasteiger partial charge in [0.05, 0.1) is 47.5 Å². The minimum atomic E-state index is -0.999. The molecule has 0 unspecified atom stereocenters. The van der Waals surface area contributed by atoms with E-state index in [1.165, 1.54) is 0 Å². The maximum atomic E-state index is 14.0. The lowest BCUT2D eigenvalue weighted by Gasteiger charge is -2.34. The van der Waals surface area contributed by atoms with E-state index in [2.05, 4.69) is 33.6 Å². The van der Waals surface area contributed by atoms with E-state index in [-0.39, 0.29) is 6.04 Å². The second-order valence-electron chi connectivity index (χ2n) is 9.05. The lowest BCUT2D eigenvalue weighted by atomic mass is 10.1. The summed E-state index contributed by atoms with van der Waals surface area (Å²) in [5.74, 6) is 0. The zero-order valence-electron chi connectivity index (χ0n) is 18.3. The summed E-state index contributed by atoms with van der Waals surface area (Å²) in [5.41, 5.74) is 11.3. The van der Waals surface area contributed by atoms with E-state index in [0.717, 1.165) is 45.4 Å². The first kappa shape index (κ1) is 19.9. The van der Waals surface area contributed by atoms with Crippen molar-refractivity contribution in [3.63, 3.8) is 0 Å². The average Bonchev–Trinajstić information content (AvgIpc) is 3.37. The molecule has 0 saturated carbocycles. The van der Waals surface area contributed by atoms with E-state index < -0.39 is 12.2 Å². The Bertz CT molecular complexity index is 1410. The summed E-state index contributed by atoms with van der Waals surface area (Å²) < 4.78 is 16.1. The van der Waals surface area contributed by atoms with Crippen molar-refractivity contribution >= 4 is 33.2 Å². The van der Waals surface area contributed by atoms with E-state index in [0.29, 0.717) is 25.2 Å². The number of benzene rings is 2. The molecule has 33 heavy (non-hydrogen) atoms. The second-order valence-corrected chi connectivity index (χ2v) is 9.05. The quantitative estimate of drug-likeness (QED) is 0.512. The van der Waals surface area contributed by atoms with Gasteiger partial charge in [-0.3, -0.25) is 9.67 Å². The van der Waals surface area contributed by atoms with Gasteiger partial charge in [0.25, 0.3) is 0 Å².